The third-order valence-electron chi connectivity index (χ3n) is 4.85. The number of aromatic nitrogens is 1. The molecule has 4 rings (SSSR count). The van der Waals surface area contributed by atoms with Crippen molar-refractivity contribution in [2.45, 2.75) is 25.8 Å². The number of carbonyl (C=O) groups excluding carboxylic acids is 2. The molecule has 6 nitrogen and oxygen atoms in total. The molecule has 7 heteroatoms. The lowest BCUT2D eigenvalue weighted by Crippen LogP contribution is -2.34. The molecule has 3 aromatic rings. The molecule has 1 aliphatic heterocycles. The molecule has 0 aliphatic carbocycles. The Balaban J connectivity index is 1.51. The van der Waals surface area contributed by atoms with Gasteiger partial charge in [0, 0.05) is 29.3 Å². The van der Waals surface area contributed by atoms with Crippen LogP contribution in [0.4, 0.5) is 10.5 Å². The van der Waals surface area contributed by atoms with Crippen molar-refractivity contribution in [1.29, 1.82) is 0 Å². The molecule has 144 valence electrons. The lowest BCUT2D eigenvalue weighted by Gasteiger charge is -2.25. The quantitative estimate of drug-likeness (QED) is 0.642. The number of hydrogen-bond donors (Lipinski definition) is 1. The molecule has 1 aliphatic rings. The number of thiophene rings is 1. The molecule has 1 N–H and O–H groups in total. The van der Waals surface area contributed by atoms with Gasteiger partial charge in [0.25, 0.3) is 0 Å². The van der Waals surface area contributed by atoms with E-state index >= 15 is 0 Å². The smallest absolute Gasteiger partial charge is 0.348 e. The van der Waals surface area contributed by atoms with E-state index in [1.807, 2.05) is 41.3 Å². The average molecular weight is 395 g/mol. The summed E-state index contributed by atoms with van der Waals surface area (Å²) in [5.74, 6) is -0.313. The van der Waals surface area contributed by atoms with Crippen molar-refractivity contribution in [3.63, 3.8) is 0 Å². The van der Waals surface area contributed by atoms with Gasteiger partial charge in [-0.15, -0.1) is 11.3 Å². The van der Waals surface area contributed by atoms with Gasteiger partial charge in [0.05, 0.1) is 12.6 Å². The van der Waals surface area contributed by atoms with Gasteiger partial charge in [-0.05, 0) is 67.1 Å². The lowest BCUT2D eigenvalue weighted by molar-refractivity contribution is 0.0532. The number of likely N-dealkylation sites (tertiary alicyclic amines) is 1. The van der Waals surface area contributed by atoms with Gasteiger partial charge in [-0.1, -0.05) is 0 Å². The molecular weight excluding hydrogens is 374 g/mol. The Labute approximate surface area is 167 Å². The van der Waals surface area contributed by atoms with E-state index in [9.17, 15) is 9.59 Å². The third kappa shape index (κ3) is 3.71. The maximum absolute atomic E-state index is 12.9. The number of nitrogens with one attached hydrogen (secondary N) is 1. The van der Waals surface area contributed by atoms with Crippen LogP contribution in [-0.4, -0.2) is 35.0 Å². The molecule has 1 atom stereocenters. The van der Waals surface area contributed by atoms with Crippen molar-refractivity contribution >= 4 is 39.1 Å². The van der Waals surface area contributed by atoms with Gasteiger partial charge in [-0.3, -0.25) is 4.98 Å². The van der Waals surface area contributed by atoms with Gasteiger partial charge in [0.1, 0.15) is 4.88 Å². The van der Waals surface area contributed by atoms with Crippen molar-refractivity contribution in [1.82, 2.24) is 9.88 Å². The molecule has 1 aromatic carbocycles. The molecule has 2 amide bonds. The number of carbonyl (C=O) groups is 2. The van der Waals surface area contributed by atoms with Crippen LogP contribution in [0.5, 0.6) is 0 Å². The normalized spacial score (nSPS) is 16.3. The topological polar surface area (TPSA) is 71.5 Å². The number of anilines is 1. The number of fused-ring (bicyclic) bond motifs is 1. The summed E-state index contributed by atoms with van der Waals surface area (Å²) in [4.78, 5) is 31.3. The number of rotatable bonds is 4. The van der Waals surface area contributed by atoms with Gasteiger partial charge in [-0.2, -0.15) is 0 Å². The second-order valence-corrected chi connectivity index (χ2v) is 7.73. The van der Waals surface area contributed by atoms with E-state index in [-0.39, 0.29) is 18.0 Å². The highest BCUT2D eigenvalue weighted by Crippen LogP contribution is 2.33. The maximum Gasteiger partial charge on any atom is 0.348 e. The highest BCUT2D eigenvalue weighted by molar-refractivity contribution is 7.20. The van der Waals surface area contributed by atoms with E-state index in [4.69, 9.17) is 4.74 Å². The van der Waals surface area contributed by atoms with E-state index in [0.717, 1.165) is 35.0 Å². The fourth-order valence-electron chi connectivity index (χ4n) is 3.56. The fourth-order valence-corrected chi connectivity index (χ4v) is 4.50. The summed E-state index contributed by atoms with van der Waals surface area (Å²) in [5, 5.41) is 3.91. The van der Waals surface area contributed by atoms with Crippen molar-refractivity contribution in [2.75, 3.05) is 18.5 Å². The van der Waals surface area contributed by atoms with Crippen molar-refractivity contribution in [2.24, 2.45) is 0 Å². The van der Waals surface area contributed by atoms with Crippen LogP contribution in [-0.2, 0) is 4.74 Å². The first kappa shape index (κ1) is 18.4. The molecular formula is C21H21N3O3S. The monoisotopic (exact) mass is 395 g/mol. The molecule has 3 heterocycles. The van der Waals surface area contributed by atoms with E-state index in [1.165, 1.54) is 11.3 Å². The van der Waals surface area contributed by atoms with Crippen LogP contribution in [0.2, 0.25) is 0 Å². The van der Waals surface area contributed by atoms with Gasteiger partial charge in [-0.25, -0.2) is 9.59 Å². The Bertz CT molecular complexity index is 1000. The van der Waals surface area contributed by atoms with E-state index in [1.54, 1.807) is 19.3 Å². The standard InChI is InChI=1S/C21H21N3O3S/c1-2-27-20(25)19-13-15-12-16(5-6-18(15)28-19)23-21(26)24-11-3-4-17(24)14-7-9-22-10-8-14/h5-10,12-13,17H,2-4,11H2,1H3,(H,23,26)/t17-/m0/s1. The van der Waals surface area contributed by atoms with E-state index in [2.05, 4.69) is 10.3 Å². The van der Waals surface area contributed by atoms with Gasteiger partial charge in [0.2, 0.25) is 0 Å². The summed E-state index contributed by atoms with van der Waals surface area (Å²) < 4.78 is 6.05. The van der Waals surface area contributed by atoms with Crippen LogP contribution >= 0.6 is 11.3 Å². The molecule has 0 bridgehead atoms. The number of esters is 1. The van der Waals surface area contributed by atoms with Crippen molar-refractivity contribution < 1.29 is 14.3 Å². The zero-order chi connectivity index (χ0) is 19.5. The number of hydrogen-bond acceptors (Lipinski definition) is 5. The summed E-state index contributed by atoms with van der Waals surface area (Å²) in [6.07, 6.45) is 5.45. The zero-order valence-corrected chi connectivity index (χ0v) is 16.4. The van der Waals surface area contributed by atoms with Crippen LogP contribution in [0.25, 0.3) is 10.1 Å². The largest absolute Gasteiger partial charge is 0.462 e. The molecule has 0 saturated carbocycles. The minimum atomic E-state index is -0.313. The second-order valence-electron chi connectivity index (χ2n) is 6.65. The molecule has 0 spiro atoms. The predicted molar refractivity (Wildman–Crippen MR) is 110 cm³/mol. The molecule has 0 radical (unpaired) electrons. The highest BCUT2D eigenvalue weighted by atomic mass is 32.1. The summed E-state index contributed by atoms with van der Waals surface area (Å²) in [6.45, 7) is 2.87. The fraction of sp³-hybridized carbons (Fsp3) is 0.286. The summed E-state index contributed by atoms with van der Waals surface area (Å²) >= 11 is 1.39. The SMILES string of the molecule is CCOC(=O)c1cc2cc(NC(=O)N3CCC[C@H]3c3ccncc3)ccc2s1. The Morgan fingerprint density at radius 1 is 1.25 bits per heavy atom. The number of pyridine rings is 1. The number of amides is 2. The van der Waals surface area contributed by atoms with Crippen molar-refractivity contribution in [3.05, 3.63) is 59.2 Å². The molecule has 28 heavy (non-hydrogen) atoms. The van der Waals surface area contributed by atoms with Gasteiger partial charge in [0.15, 0.2) is 0 Å². The summed E-state index contributed by atoms with van der Waals surface area (Å²) in [7, 11) is 0. The maximum atomic E-state index is 12.9. The number of urea groups is 1. The Hall–Kier alpha value is -2.93. The van der Waals surface area contributed by atoms with Crippen LogP contribution in [0.3, 0.4) is 0 Å². The molecule has 1 saturated heterocycles. The highest BCUT2D eigenvalue weighted by Gasteiger charge is 2.30. The first-order chi connectivity index (χ1) is 13.7. The van der Waals surface area contributed by atoms with Crippen LogP contribution in [0.1, 0.15) is 41.0 Å². The number of nitrogens with zero attached hydrogens (tertiary/aromatic N) is 2. The zero-order valence-electron chi connectivity index (χ0n) is 15.6. The van der Waals surface area contributed by atoms with E-state index in [0.29, 0.717) is 17.2 Å². The second kappa shape index (κ2) is 7.98. The van der Waals surface area contributed by atoms with Crippen LogP contribution in [0.15, 0.2) is 48.8 Å². The third-order valence-corrected chi connectivity index (χ3v) is 5.94. The van der Waals surface area contributed by atoms with E-state index < -0.39 is 0 Å². The van der Waals surface area contributed by atoms with Crippen molar-refractivity contribution in [3.8, 4) is 0 Å². The first-order valence-corrected chi connectivity index (χ1v) is 10.2. The Morgan fingerprint density at radius 3 is 2.86 bits per heavy atom. The molecule has 1 fully saturated rings. The van der Waals surface area contributed by atoms with Gasteiger partial charge >= 0.3 is 12.0 Å². The molecule has 2 aromatic heterocycles. The molecule has 0 unspecified atom stereocenters. The summed E-state index contributed by atoms with van der Waals surface area (Å²) in [6, 6.07) is 11.4. The minimum absolute atomic E-state index is 0.0725. The van der Waals surface area contributed by atoms with Gasteiger partial charge < -0.3 is 15.0 Å². The van der Waals surface area contributed by atoms with Crippen LogP contribution < -0.4 is 5.32 Å². The first-order valence-electron chi connectivity index (χ1n) is 9.34. The predicted octanol–water partition coefficient (Wildman–Crippen LogP) is 4.84. The average Bonchev–Trinajstić information content (AvgIpc) is 3.36. The minimum Gasteiger partial charge on any atom is -0.462 e. The van der Waals surface area contributed by atoms with Crippen LogP contribution in [0, 0.1) is 0 Å². The Kier molecular flexibility index (Phi) is 5.25. The number of ether oxygens (including phenoxy) is 1. The summed E-state index contributed by atoms with van der Waals surface area (Å²) in [5.41, 5.74) is 1.82. The lowest BCUT2D eigenvalue weighted by atomic mass is 10.1. The number of benzene rings is 1. The Morgan fingerprint density at radius 2 is 2.07 bits per heavy atom.